The molecule has 5 nitrogen and oxygen atoms in total. The number of hydrogen-bond acceptors (Lipinski definition) is 3. The average Bonchev–Trinajstić information content (AvgIpc) is 2.99. The summed E-state index contributed by atoms with van der Waals surface area (Å²) < 4.78 is 0. The number of carboxylic acids is 1. The first-order valence-electron chi connectivity index (χ1n) is 8.62. The third-order valence-electron chi connectivity index (χ3n) is 5.24. The van der Waals surface area contributed by atoms with Gasteiger partial charge in [-0.15, -0.1) is 0 Å². The van der Waals surface area contributed by atoms with Gasteiger partial charge < -0.3 is 16.2 Å². The molecular weight excluding hydrogens is 292 g/mol. The predicted octanol–water partition coefficient (Wildman–Crippen LogP) is 2.46. The highest BCUT2D eigenvalue weighted by molar-refractivity contribution is 5.86. The molecule has 0 aromatic rings. The van der Waals surface area contributed by atoms with Crippen molar-refractivity contribution in [2.24, 2.45) is 23.0 Å². The summed E-state index contributed by atoms with van der Waals surface area (Å²) in [6.45, 7) is 6.89. The van der Waals surface area contributed by atoms with Crippen molar-refractivity contribution in [3.05, 3.63) is 12.2 Å². The average molecular weight is 322 g/mol. The van der Waals surface area contributed by atoms with E-state index >= 15 is 0 Å². The van der Waals surface area contributed by atoms with E-state index in [9.17, 15) is 9.59 Å². The van der Waals surface area contributed by atoms with Crippen LogP contribution in [0.2, 0.25) is 0 Å². The van der Waals surface area contributed by atoms with Gasteiger partial charge in [-0.25, -0.2) is 0 Å². The molecule has 5 heteroatoms. The summed E-state index contributed by atoms with van der Waals surface area (Å²) in [5.74, 6) is -0.169. The first-order chi connectivity index (χ1) is 10.6. The molecule has 0 heterocycles. The van der Waals surface area contributed by atoms with Gasteiger partial charge in [-0.2, -0.15) is 0 Å². The fraction of sp³-hybridized carbons (Fsp3) is 0.778. The third kappa shape index (κ3) is 4.80. The van der Waals surface area contributed by atoms with E-state index < -0.39 is 12.0 Å². The lowest BCUT2D eigenvalue weighted by molar-refractivity contribution is -0.139. The molecule has 2 aliphatic carbocycles. The molecule has 1 amide bonds. The Labute approximate surface area is 138 Å². The molecule has 2 fully saturated rings. The van der Waals surface area contributed by atoms with Gasteiger partial charge in [0.05, 0.1) is 18.0 Å². The van der Waals surface area contributed by atoms with Gasteiger partial charge in [0, 0.05) is 0 Å². The maximum absolute atomic E-state index is 12.0. The highest BCUT2D eigenvalue weighted by Crippen LogP contribution is 2.45. The largest absolute Gasteiger partial charge is 0.481 e. The summed E-state index contributed by atoms with van der Waals surface area (Å²) >= 11 is 0. The van der Waals surface area contributed by atoms with Crippen molar-refractivity contribution in [2.45, 2.75) is 70.9 Å². The lowest BCUT2D eigenvalue weighted by Crippen LogP contribution is -2.46. The van der Waals surface area contributed by atoms with Gasteiger partial charge in [0.2, 0.25) is 5.91 Å². The van der Waals surface area contributed by atoms with Gasteiger partial charge in [-0.05, 0) is 42.9 Å². The number of carbonyl (C=O) groups excluding carboxylic acids is 1. The smallest absolute Gasteiger partial charge is 0.305 e. The van der Waals surface area contributed by atoms with Crippen LogP contribution in [0.25, 0.3) is 0 Å². The number of amides is 1. The lowest BCUT2D eigenvalue weighted by atomic mass is 9.74. The van der Waals surface area contributed by atoms with Gasteiger partial charge in [0.15, 0.2) is 0 Å². The Morgan fingerprint density at radius 2 is 2.00 bits per heavy atom. The number of nitrogens with one attached hydrogen (secondary N) is 1. The van der Waals surface area contributed by atoms with E-state index in [1.54, 1.807) is 0 Å². The van der Waals surface area contributed by atoms with Crippen molar-refractivity contribution in [2.75, 3.05) is 0 Å². The zero-order chi connectivity index (χ0) is 17.3. The minimum absolute atomic E-state index is 0.293. The molecule has 4 N–H and O–H groups in total. The second-order valence-corrected chi connectivity index (χ2v) is 8.28. The zero-order valence-corrected chi connectivity index (χ0v) is 14.5. The van der Waals surface area contributed by atoms with Gasteiger partial charge >= 0.3 is 5.97 Å². The van der Waals surface area contributed by atoms with E-state index in [4.69, 9.17) is 10.8 Å². The summed E-state index contributed by atoms with van der Waals surface area (Å²) in [6, 6.07) is -0.979. The Morgan fingerprint density at radius 3 is 2.52 bits per heavy atom. The van der Waals surface area contributed by atoms with E-state index in [1.807, 2.05) is 0 Å². The van der Waals surface area contributed by atoms with E-state index in [2.05, 4.69) is 38.2 Å². The van der Waals surface area contributed by atoms with Crippen molar-refractivity contribution in [1.29, 1.82) is 0 Å². The SMILES string of the molecule is CC(C)(C)C1CCCC1C=CC1(NC(=O)[C@@H](N)CC(=O)O)CC1. The number of aliphatic carboxylic acids is 1. The van der Waals surface area contributed by atoms with Crippen LogP contribution >= 0.6 is 0 Å². The van der Waals surface area contributed by atoms with Crippen LogP contribution in [0.5, 0.6) is 0 Å². The summed E-state index contributed by atoms with van der Waals surface area (Å²) in [5.41, 5.74) is 5.64. The Bertz CT molecular complexity index is 489. The summed E-state index contributed by atoms with van der Waals surface area (Å²) in [4.78, 5) is 22.7. The molecule has 0 aromatic heterocycles. The molecule has 2 rings (SSSR count). The normalized spacial score (nSPS) is 27.8. The standard InChI is InChI=1S/C18H30N2O3/c1-17(2,3)13-6-4-5-12(13)7-8-18(9-10-18)20-16(23)14(19)11-15(21)22/h7-8,12-14H,4-6,9-11,19H2,1-3H3,(H,20,23)(H,21,22)/t12?,13?,14-/m0/s1. The minimum atomic E-state index is -1.05. The third-order valence-corrected chi connectivity index (χ3v) is 5.24. The fourth-order valence-corrected chi connectivity index (χ4v) is 3.69. The topological polar surface area (TPSA) is 92.4 Å². The Hall–Kier alpha value is -1.36. The van der Waals surface area contributed by atoms with Crippen LogP contribution in [0.15, 0.2) is 12.2 Å². The predicted molar refractivity (Wildman–Crippen MR) is 89.8 cm³/mol. The van der Waals surface area contributed by atoms with E-state index in [-0.39, 0.29) is 17.9 Å². The number of nitrogens with two attached hydrogens (primary N) is 1. The molecule has 2 unspecified atom stereocenters. The Kier molecular flexibility index (Phi) is 5.19. The number of rotatable bonds is 6. The van der Waals surface area contributed by atoms with Crippen LogP contribution in [-0.2, 0) is 9.59 Å². The van der Waals surface area contributed by atoms with Crippen LogP contribution in [0.3, 0.4) is 0 Å². The molecule has 3 atom stereocenters. The number of hydrogen-bond donors (Lipinski definition) is 3. The maximum atomic E-state index is 12.0. The van der Waals surface area contributed by atoms with Gasteiger partial charge in [0.1, 0.15) is 0 Å². The summed E-state index contributed by atoms with van der Waals surface area (Å²) in [7, 11) is 0. The van der Waals surface area contributed by atoms with E-state index in [1.165, 1.54) is 19.3 Å². The van der Waals surface area contributed by atoms with Crippen LogP contribution in [0, 0.1) is 17.3 Å². The monoisotopic (exact) mass is 322 g/mol. The van der Waals surface area contributed by atoms with Crippen molar-refractivity contribution in [3.63, 3.8) is 0 Å². The van der Waals surface area contributed by atoms with Crippen molar-refractivity contribution < 1.29 is 14.7 Å². The van der Waals surface area contributed by atoms with Crippen molar-refractivity contribution in [1.82, 2.24) is 5.32 Å². The molecule has 0 spiro atoms. The number of carboxylic acid groups (broad SMARTS) is 1. The minimum Gasteiger partial charge on any atom is -0.481 e. The zero-order valence-electron chi connectivity index (χ0n) is 14.5. The van der Waals surface area contributed by atoms with Crippen molar-refractivity contribution >= 4 is 11.9 Å². The summed E-state index contributed by atoms with van der Waals surface area (Å²) in [6.07, 6.45) is 9.62. The van der Waals surface area contributed by atoms with E-state index in [0.29, 0.717) is 17.3 Å². The van der Waals surface area contributed by atoms with Gasteiger partial charge in [0.25, 0.3) is 0 Å². The van der Waals surface area contributed by atoms with Crippen LogP contribution in [0.1, 0.15) is 59.3 Å². The molecule has 0 radical (unpaired) electrons. The molecule has 2 saturated carbocycles. The van der Waals surface area contributed by atoms with Crippen LogP contribution in [0.4, 0.5) is 0 Å². The quantitative estimate of drug-likeness (QED) is 0.655. The van der Waals surface area contributed by atoms with Crippen LogP contribution in [-0.4, -0.2) is 28.6 Å². The Balaban J connectivity index is 1.94. The molecule has 0 bridgehead atoms. The van der Waals surface area contributed by atoms with Gasteiger partial charge in [-0.1, -0.05) is 39.3 Å². The molecular formula is C18H30N2O3. The first kappa shape index (κ1) is 18.0. The van der Waals surface area contributed by atoms with Crippen molar-refractivity contribution in [3.8, 4) is 0 Å². The molecule has 0 saturated heterocycles. The second kappa shape index (κ2) is 6.63. The second-order valence-electron chi connectivity index (χ2n) is 8.28. The molecule has 0 aromatic carbocycles. The molecule has 130 valence electrons. The highest BCUT2D eigenvalue weighted by Gasteiger charge is 2.43. The number of allylic oxidation sites excluding steroid dienone is 1. The molecule has 23 heavy (non-hydrogen) atoms. The first-order valence-corrected chi connectivity index (χ1v) is 8.62. The highest BCUT2D eigenvalue weighted by atomic mass is 16.4. The fourth-order valence-electron chi connectivity index (χ4n) is 3.69. The summed E-state index contributed by atoms with van der Waals surface area (Å²) in [5, 5.41) is 11.7. The molecule has 0 aliphatic heterocycles. The number of carbonyl (C=O) groups is 2. The molecule has 2 aliphatic rings. The maximum Gasteiger partial charge on any atom is 0.305 e. The lowest BCUT2D eigenvalue weighted by Gasteiger charge is -2.31. The Morgan fingerprint density at radius 1 is 1.35 bits per heavy atom. The van der Waals surface area contributed by atoms with E-state index in [0.717, 1.165) is 12.8 Å². The van der Waals surface area contributed by atoms with Crippen LogP contribution < -0.4 is 11.1 Å². The van der Waals surface area contributed by atoms with Gasteiger partial charge in [-0.3, -0.25) is 9.59 Å².